The minimum absolute atomic E-state index is 0.0951. The van der Waals surface area contributed by atoms with E-state index >= 15 is 0 Å². The molecule has 1 aliphatic heterocycles. The number of halogens is 2. The Morgan fingerprint density at radius 1 is 1.23 bits per heavy atom. The number of amides is 1. The molecule has 1 aliphatic carbocycles. The molecule has 4 aromatic rings. The Morgan fingerprint density at radius 3 is 2.77 bits per heavy atom. The molecule has 1 amide bonds. The van der Waals surface area contributed by atoms with Crippen LogP contribution in [-0.2, 0) is 9.53 Å². The first kappa shape index (κ1) is 17.7. The summed E-state index contributed by atoms with van der Waals surface area (Å²) in [6.07, 6.45) is 2.04. The second-order valence-electron chi connectivity index (χ2n) is 8.65. The van der Waals surface area contributed by atoms with E-state index in [0.717, 1.165) is 6.42 Å². The zero-order valence-corrected chi connectivity index (χ0v) is 18.6. The lowest BCUT2D eigenvalue weighted by Crippen LogP contribution is -2.36. The lowest BCUT2D eigenvalue weighted by Gasteiger charge is -2.28. The third kappa shape index (κ3) is 4.05. The Kier molecular flexibility index (Phi) is 4.29. The number of nitrogens with one attached hydrogen (secondary N) is 1. The lowest BCUT2D eigenvalue weighted by atomic mass is 10.1. The van der Waals surface area contributed by atoms with Crippen LogP contribution in [0, 0.1) is 11.8 Å². The number of hydrogen-bond donors (Lipinski definition) is 1. The van der Waals surface area contributed by atoms with E-state index in [2.05, 4.69) is 25.4 Å². The van der Waals surface area contributed by atoms with Crippen molar-refractivity contribution in [3.8, 4) is 11.4 Å². The molecule has 1 N–H and O–H groups in total. The van der Waals surface area contributed by atoms with E-state index in [4.69, 9.17) is 10.2 Å². The Hall–Kier alpha value is -3.73. The van der Waals surface area contributed by atoms with Crippen molar-refractivity contribution >= 4 is 33.8 Å². The van der Waals surface area contributed by atoms with Crippen LogP contribution < -0.4 is 10.2 Å². The Labute approximate surface area is 204 Å². The first-order valence-electron chi connectivity index (χ1n) is 13.1. The topological polar surface area (TPSA) is 97.5 Å². The number of alkyl halides is 2. The largest absolute Gasteiger partial charge is 0.378 e. The molecule has 1 saturated carbocycles. The molecule has 9 nitrogen and oxygen atoms in total. The molecule has 2 atom stereocenters. The molecule has 6 rings (SSSR count). The molecule has 0 radical (unpaired) electrons. The van der Waals surface area contributed by atoms with E-state index < -0.39 is 25.2 Å². The van der Waals surface area contributed by atoms with Gasteiger partial charge >= 0.3 is 0 Å². The van der Waals surface area contributed by atoms with Gasteiger partial charge in [0, 0.05) is 47.7 Å². The predicted octanol–water partition coefficient (Wildman–Crippen LogP) is 3.71. The summed E-state index contributed by atoms with van der Waals surface area (Å²) in [7, 11) is 0. The number of ether oxygens (including phenoxy) is 1. The van der Waals surface area contributed by atoms with Crippen LogP contribution in [0.1, 0.15) is 30.9 Å². The first-order valence-corrected chi connectivity index (χ1v) is 11.1. The number of pyridine rings is 3. The smallest absolute Gasteiger partial charge is 0.281 e. The van der Waals surface area contributed by atoms with Gasteiger partial charge in [0.1, 0.15) is 11.5 Å². The van der Waals surface area contributed by atoms with E-state index in [9.17, 15) is 13.6 Å². The molecular weight excluding hydrogens is 456 g/mol. The third-order valence-electron chi connectivity index (χ3n) is 6.28. The van der Waals surface area contributed by atoms with E-state index in [1.54, 1.807) is 18.3 Å². The third-order valence-corrected chi connectivity index (χ3v) is 6.28. The summed E-state index contributed by atoms with van der Waals surface area (Å²) in [4.78, 5) is 26.6. The van der Waals surface area contributed by atoms with Gasteiger partial charge in [0.2, 0.25) is 5.91 Å². The summed E-state index contributed by atoms with van der Waals surface area (Å²) >= 11 is 0. The van der Waals surface area contributed by atoms with E-state index in [1.807, 2.05) is 6.92 Å². The van der Waals surface area contributed by atoms with Crippen LogP contribution in [0.15, 0.2) is 36.8 Å². The van der Waals surface area contributed by atoms with E-state index in [0.29, 0.717) is 22.3 Å². The minimum Gasteiger partial charge on any atom is -0.378 e. The average Bonchev–Trinajstić information content (AvgIpc) is 3.43. The van der Waals surface area contributed by atoms with E-state index in [-0.39, 0.29) is 47.9 Å². The zero-order chi connectivity index (χ0) is 27.7. The fourth-order valence-corrected chi connectivity index (χ4v) is 4.17. The summed E-state index contributed by atoms with van der Waals surface area (Å²) in [5.41, 5.74) is 0.826. The molecule has 11 heteroatoms. The van der Waals surface area contributed by atoms with Crippen LogP contribution in [-0.4, -0.2) is 56.7 Å². The lowest BCUT2D eigenvalue weighted by molar-refractivity contribution is -0.117. The number of rotatable bonds is 5. The van der Waals surface area contributed by atoms with Crippen molar-refractivity contribution in [1.29, 1.82) is 0 Å². The Balaban J connectivity index is 1.39. The summed E-state index contributed by atoms with van der Waals surface area (Å²) in [5.74, 6) is 0.438. The van der Waals surface area contributed by atoms with Gasteiger partial charge in [-0.05, 0) is 30.5 Å². The first-order chi connectivity index (χ1) is 18.4. The zero-order valence-electron chi connectivity index (χ0n) is 22.6. The van der Waals surface area contributed by atoms with Gasteiger partial charge in [0.25, 0.3) is 6.43 Å². The van der Waals surface area contributed by atoms with Crippen molar-refractivity contribution in [3.63, 3.8) is 0 Å². The normalized spacial score (nSPS) is 24.6. The van der Waals surface area contributed by atoms with E-state index in [1.165, 1.54) is 27.9 Å². The van der Waals surface area contributed by atoms with Gasteiger partial charge in [-0.2, -0.15) is 0 Å². The van der Waals surface area contributed by atoms with Crippen molar-refractivity contribution in [1.82, 2.24) is 24.6 Å². The molecule has 0 unspecified atom stereocenters. The summed E-state index contributed by atoms with van der Waals surface area (Å²) in [6, 6.07) is 4.82. The molecule has 0 aromatic carbocycles. The maximum atomic E-state index is 13.7. The standard InChI is InChI=1S/C24H23F2N7O2/c1-13-8-15(13)24(34)29-19-9-16-17(10-27-19)21(22(25)26)28-11-18(16)23-30-20-3-2-14(12-33(20)31-23)32-4-6-35-7-5-32/h2-3,9-13,15,22H,4-8H2,1H3,(H,27,29,34)/t13-,15+/m1/s1/i6D2,7D2. The number of hydrogen-bond acceptors (Lipinski definition) is 7. The maximum Gasteiger partial charge on any atom is 0.281 e. The number of morpholine rings is 1. The number of carbonyl (C=O) groups excluding carboxylic acids is 1. The predicted molar refractivity (Wildman–Crippen MR) is 125 cm³/mol. The highest BCUT2D eigenvalue weighted by Gasteiger charge is 2.39. The molecule has 2 fully saturated rings. The molecule has 4 aromatic heterocycles. The highest BCUT2D eigenvalue weighted by Crippen LogP contribution is 2.39. The molecule has 180 valence electrons. The second-order valence-corrected chi connectivity index (χ2v) is 8.65. The van der Waals surface area contributed by atoms with Gasteiger partial charge in [0.15, 0.2) is 11.5 Å². The van der Waals surface area contributed by atoms with Crippen molar-refractivity contribution in [3.05, 3.63) is 42.5 Å². The second kappa shape index (κ2) is 8.49. The number of carbonyl (C=O) groups is 1. The average molecular weight is 484 g/mol. The van der Waals surface area contributed by atoms with Crippen molar-refractivity contribution < 1.29 is 23.8 Å². The van der Waals surface area contributed by atoms with Gasteiger partial charge in [0.05, 0.1) is 30.5 Å². The molecule has 2 aliphatic rings. The fourth-order valence-electron chi connectivity index (χ4n) is 4.17. The fraction of sp³-hybridized carbons (Fsp3) is 0.375. The number of nitrogens with zero attached hydrogens (tertiary/aromatic N) is 6. The Morgan fingerprint density at radius 2 is 2.03 bits per heavy atom. The van der Waals surface area contributed by atoms with Crippen molar-refractivity contribution in [2.45, 2.75) is 19.8 Å². The van der Waals surface area contributed by atoms with Gasteiger partial charge in [-0.3, -0.25) is 9.78 Å². The molecule has 5 heterocycles. The molecule has 35 heavy (non-hydrogen) atoms. The van der Waals surface area contributed by atoms with Gasteiger partial charge < -0.3 is 15.0 Å². The van der Waals surface area contributed by atoms with Crippen LogP contribution >= 0.6 is 0 Å². The maximum absolute atomic E-state index is 13.7. The number of anilines is 2. The number of fused-ring (bicyclic) bond motifs is 2. The Bertz CT molecular complexity index is 1600. The quantitative estimate of drug-likeness (QED) is 0.462. The van der Waals surface area contributed by atoms with Gasteiger partial charge in [-0.15, -0.1) is 5.10 Å². The minimum atomic E-state index is -2.84. The van der Waals surface area contributed by atoms with Crippen LogP contribution in [0.5, 0.6) is 0 Å². The highest BCUT2D eigenvalue weighted by molar-refractivity contribution is 6.00. The molecule has 1 saturated heterocycles. The van der Waals surface area contributed by atoms with Crippen molar-refractivity contribution in [2.75, 3.05) is 36.4 Å². The van der Waals surface area contributed by atoms with Crippen LogP contribution in [0.3, 0.4) is 0 Å². The van der Waals surface area contributed by atoms with Crippen molar-refractivity contribution in [2.24, 2.45) is 11.8 Å². The number of aromatic nitrogens is 5. The van der Waals surface area contributed by atoms with Gasteiger partial charge in [-0.25, -0.2) is 23.3 Å². The molecular formula is C24H23F2N7O2. The monoisotopic (exact) mass is 483 g/mol. The highest BCUT2D eigenvalue weighted by atomic mass is 19.3. The molecule has 0 bridgehead atoms. The van der Waals surface area contributed by atoms with Crippen LogP contribution in [0.25, 0.3) is 27.8 Å². The molecule has 0 spiro atoms. The van der Waals surface area contributed by atoms with Crippen LogP contribution in [0.2, 0.25) is 0 Å². The summed E-state index contributed by atoms with van der Waals surface area (Å²) in [5, 5.41) is 7.71. The van der Waals surface area contributed by atoms with Crippen LogP contribution in [0.4, 0.5) is 20.3 Å². The van der Waals surface area contributed by atoms with Gasteiger partial charge in [-0.1, -0.05) is 6.92 Å². The SMILES string of the molecule is [2H]C1([2H])CN(c2ccc3nc(-c4cnc(C(F)F)c5cnc(NC(=O)[C@H]6C[C@H]6C)cc45)nn3c2)CC([2H])([2H])O1. The summed E-state index contributed by atoms with van der Waals surface area (Å²) in [6.45, 7) is -2.79. The summed E-state index contributed by atoms with van der Waals surface area (Å²) < 4.78 is 65.4.